The van der Waals surface area contributed by atoms with Gasteiger partial charge in [0.15, 0.2) is 5.78 Å². The Balaban J connectivity index is 2.35. The Labute approximate surface area is 109 Å². The predicted octanol–water partition coefficient (Wildman–Crippen LogP) is 3.95. The summed E-state index contributed by atoms with van der Waals surface area (Å²) in [6.07, 6.45) is 4.39. The third-order valence-corrected chi connectivity index (χ3v) is 4.36. The van der Waals surface area contributed by atoms with Crippen molar-refractivity contribution in [3.05, 3.63) is 35.4 Å². The summed E-state index contributed by atoms with van der Waals surface area (Å²) in [5.41, 5.74) is 1.37. The van der Waals surface area contributed by atoms with Crippen molar-refractivity contribution in [2.45, 2.75) is 51.0 Å². The SMILES string of the molecule is CCC(C)(OC)C(=O)c1ccccc1C1CCC1. The summed E-state index contributed by atoms with van der Waals surface area (Å²) < 4.78 is 5.44. The van der Waals surface area contributed by atoms with Crippen molar-refractivity contribution in [2.75, 3.05) is 7.11 Å². The summed E-state index contributed by atoms with van der Waals surface area (Å²) in [4.78, 5) is 12.7. The maximum absolute atomic E-state index is 12.7. The maximum Gasteiger partial charge on any atom is 0.194 e. The van der Waals surface area contributed by atoms with Gasteiger partial charge in [-0.05, 0) is 37.7 Å². The molecule has 1 saturated carbocycles. The Hall–Kier alpha value is -1.15. The van der Waals surface area contributed by atoms with Gasteiger partial charge in [0.05, 0.1) is 0 Å². The molecule has 0 amide bonds. The number of carbonyl (C=O) groups excluding carboxylic acids is 1. The minimum Gasteiger partial charge on any atom is -0.370 e. The van der Waals surface area contributed by atoms with Gasteiger partial charge in [-0.25, -0.2) is 0 Å². The molecule has 1 atom stereocenters. The lowest BCUT2D eigenvalue weighted by Crippen LogP contribution is -2.37. The van der Waals surface area contributed by atoms with Crippen LogP contribution in [0.25, 0.3) is 0 Å². The van der Waals surface area contributed by atoms with Gasteiger partial charge in [0.2, 0.25) is 0 Å². The zero-order valence-electron chi connectivity index (χ0n) is 11.5. The molecule has 1 aromatic carbocycles. The number of Topliss-reactive ketones (excluding diaryl/α,β-unsaturated/α-hetero) is 1. The minimum absolute atomic E-state index is 0.120. The van der Waals surface area contributed by atoms with Gasteiger partial charge in [0, 0.05) is 12.7 Å². The van der Waals surface area contributed by atoms with E-state index in [0.29, 0.717) is 12.3 Å². The van der Waals surface area contributed by atoms with Crippen molar-refractivity contribution in [3.8, 4) is 0 Å². The fourth-order valence-corrected chi connectivity index (χ4v) is 2.46. The number of ether oxygens (including phenoxy) is 1. The molecule has 18 heavy (non-hydrogen) atoms. The van der Waals surface area contributed by atoms with Crippen LogP contribution in [0, 0.1) is 0 Å². The smallest absolute Gasteiger partial charge is 0.194 e. The first-order valence-corrected chi connectivity index (χ1v) is 6.81. The second kappa shape index (κ2) is 5.23. The van der Waals surface area contributed by atoms with E-state index in [1.54, 1.807) is 7.11 Å². The molecular formula is C16H22O2. The Bertz CT molecular complexity index is 428. The summed E-state index contributed by atoms with van der Waals surface area (Å²) in [6, 6.07) is 8.02. The van der Waals surface area contributed by atoms with E-state index >= 15 is 0 Å². The molecule has 0 radical (unpaired) electrons. The van der Waals surface area contributed by atoms with Gasteiger partial charge in [0.25, 0.3) is 0 Å². The summed E-state index contributed by atoms with van der Waals surface area (Å²) >= 11 is 0. The monoisotopic (exact) mass is 246 g/mol. The molecule has 0 spiro atoms. The van der Waals surface area contributed by atoms with E-state index in [9.17, 15) is 4.79 Å². The normalized spacial score (nSPS) is 19.1. The van der Waals surface area contributed by atoms with Crippen LogP contribution in [-0.4, -0.2) is 18.5 Å². The van der Waals surface area contributed by atoms with E-state index in [-0.39, 0.29) is 5.78 Å². The molecule has 0 aromatic heterocycles. The van der Waals surface area contributed by atoms with E-state index < -0.39 is 5.60 Å². The highest BCUT2D eigenvalue weighted by Crippen LogP contribution is 2.39. The fourth-order valence-electron chi connectivity index (χ4n) is 2.46. The standard InChI is InChI=1S/C16H22O2/c1-4-16(2,18-3)15(17)14-11-6-5-10-13(14)12-8-7-9-12/h5-6,10-12H,4,7-9H2,1-3H3. The van der Waals surface area contributed by atoms with Crippen LogP contribution in [0.1, 0.15) is 61.4 Å². The average Bonchev–Trinajstić information content (AvgIpc) is 2.36. The van der Waals surface area contributed by atoms with Gasteiger partial charge in [-0.15, -0.1) is 0 Å². The lowest BCUT2D eigenvalue weighted by molar-refractivity contribution is 0.0104. The second-order valence-electron chi connectivity index (χ2n) is 5.33. The molecule has 0 aliphatic heterocycles. The zero-order chi connectivity index (χ0) is 13.2. The minimum atomic E-state index is -0.695. The van der Waals surface area contributed by atoms with Gasteiger partial charge in [-0.2, -0.15) is 0 Å². The first kappa shape index (κ1) is 13.3. The first-order valence-electron chi connectivity index (χ1n) is 6.81. The van der Waals surface area contributed by atoms with Crippen LogP contribution in [0.3, 0.4) is 0 Å². The fraction of sp³-hybridized carbons (Fsp3) is 0.562. The summed E-state index contributed by atoms with van der Waals surface area (Å²) in [5.74, 6) is 0.693. The molecule has 1 aromatic rings. The number of benzene rings is 1. The highest BCUT2D eigenvalue weighted by molar-refractivity contribution is 6.03. The average molecular weight is 246 g/mol. The molecule has 98 valence electrons. The Morgan fingerprint density at radius 2 is 2.06 bits per heavy atom. The van der Waals surface area contributed by atoms with E-state index in [4.69, 9.17) is 4.74 Å². The highest BCUT2D eigenvalue weighted by atomic mass is 16.5. The van der Waals surface area contributed by atoms with E-state index in [1.165, 1.54) is 24.8 Å². The van der Waals surface area contributed by atoms with Gasteiger partial charge >= 0.3 is 0 Å². The van der Waals surface area contributed by atoms with Crippen molar-refractivity contribution in [2.24, 2.45) is 0 Å². The predicted molar refractivity (Wildman–Crippen MR) is 73.1 cm³/mol. The lowest BCUT2D eigenvalue weighted by Gasteiger charge is -2.31. The van der Waals surface area contributed by atoms with Crippen molar-refractivity contribution < 1.29 is 9.53 Å². The van der Waals surface area contributed by atoms with Crippen LogP contribution in [0.15, 0.2) is 24.3 Å². The van der Waals surface area contributed by atoms with Crippen molar-refractivity contribution >= 4 is 5.78 Å². The number of hydrogen-bond acceptors (Lipinski definition) is 2. The number of hydrogen-bond donors (Lipinski definition) is 0. The molecule has 0 saturated heterocycles. The maximum atomic E-state index is 12.7. The number of carbonyl (C=O) groups is 1. The second-order valence-corrected chi connectivity index (χ2v) is 5.33. The van der Waals surface area contributed by atoms with Gasteiger partial charge in [-0.1, -0.05) is 37.6 Å². The van der Waals surface area contributed by atoms with Crippen LogP contribution < -0.4 is 0 Å². The van der Waals surface area contributed by atoms with Crippen LogP contribution in [0.4, 0.5) is 0 Å². The van der Waals surface area contributed by atoms with Gasteiger partial charge in [0.1, 0.15) is 5.60 Å². The first-order chi connectivity index (χ1) is 8.62. The molecule has 0 bridgehead atoms. The largest absolute Gasteiger partial charge is 0.370 e. The van der Waals surface area contributed by atoms with Gasteiger partial charge < -0.3 is 4.74 Å². The van der Waals surface area contributed by atoms with E-state index in [0.717, 1.165) is 5.56 Å². The topological polar surface area (TPSA) is 26.3 Å². The summed E-state index contributed by atoms with van der Waals surface area (Å²) in [7, 11) is 1.62. The molecule has 1 unspecified atom stereocenters. The quantitative estimate of drug-likeness (QED) is 0.735. The molecule has 1 aliphatic rings. The van der Waals surface area contributed by atoms with Crippen LogP contribution >= 0.6 is 0 Å². The summed E-state index contributed by atoms with van der Waals surface area (Å²) in [5, 5.41) is 0. The number of ketones is 1. The van der Waals surface area contributed by atoms with Crippen molar-refractivity contribution in [1.29, 1.82) is 0 Å². The summed E-state index contributed by atoms with van der Waals surface area (Å²) in [6.45, 7) is 3.88. The van der Waals surface area contributed by atoms with Crippen molar-refractivity contribution in [1.82, 2.24) is 0 Å². The third kappa shape index (κ3) is 2.22. The van der Waals surface area contributed by atoms with E-state index in [1.807, 2.05) is 32.0 Å². The Kier molecular flexibility index (Phi) is 3.86. The van der Waals surface area contributed by atoms with Crippen LogP contribution in [0.5, 0.6) is 0 Å². The highest BCUT2D eigenvalue weighted by Gasteiger charge is 2.34. The van der Waals surface area contributed by atoms with Gasteiger partial charge in [-0.3, -0.25) is 4.79 Å². The molecule has 2 nitrogen and oxygen atoms in total. The molecular weight excluding hydrogens is 224 g/mol. The molecule has 0 N–H and O–H groups in total. The molecule has 1 fully saturated rings. The Morgan fingerprint density at radius 1 is 1.39 bits per heavy atom. The van der Waals surface area contributed by atoms with Crippen molar-refractivity contribution in [3.63, 3.8) is 0 Å². The molecule has 2 rings (SSSR count). The molecule has 2 heteroatoms. The third-order valence-electron chi connectivity index (χ3n) is 4.36. The number of methoxy groups -OCH3 is 1. The molecule has 1 aliphatic carbocycles. The molecule has 0 heterocycles. The number of rotatable bonds is 5. The Morgan fingerprint density at radius 3 is 2.56 bits per heavy atom. The van der Waals surface area contributed by atoms with Crippen LogP contribution in [0.2, 0.25) is 0 Å². The zero-order valence-corrected chi connectivity index (χ0v) is 11.5. The van der Waals surface area contributed by atoms with Crippen LogP contribution in [-0.2, 0) is 4.74 Å². The lowest BCUT2D eigenvalue weighted by atomic mass is 9.76. The van der Waals surface area contributed by atoms with E-state index in [2.05, 4.69) is 6.07 Å².